The van der Waals surface area contributed by atoms with Crippen molar-refractivity contribution in [3.05, 3.63) is 88.9 Å². The van der Waals surface area contributed by atoms with Gasteiger partial charge >= 0.3 is 0 Å². The number of amides is 2. The van der Waals surface area contributed by atoms with Crippen LogP contribution in [0.2, 0.25) is 0 Å². The molecule has 0 radical (unpaired) electrons. The van der Waals surface area contributed by atoms with E-state index in [1.807, 2.05) is 48.5 Å². The number of hydrogen-bond donors (Lipinski definition) is 2. The van der Waals surface area contributed by atoms with Gasteiger partial charge in [0.15, 0.2) is 0 Å². The molecule has 1 fully saturated rings. The van der Waals surface area contributed by atoms with E-state index in [-0.39, 0.29) is 17.2 Å². The number of carbonyl (C=O) groups excluding carboxylic acids is 2. The van der Waals surface area contributed by atoms with Gasteiger partial charge in [-0.05, 0) is 81.5 Å². The van der Waals surface area contributed by atoms with Crippen molar-refractivity contribution in [2.24, 2.45) is 5.41 Å². The summed E-state index contributed by atoms with van der Waals surface area (Å²) in [4.78, 5) is 35.2. The maximum atomic E-state index is 13.0. The van der Waals surface area contributed by atoms with Crippen molar-refractivity contribution in [3.8, 4) is 16.3 Å². The first kappa shape index (κ1) is 27.5. The molecule has 2 N–H and O–H groups in total. The number of carbonyl (C=O) groups is 2. The molecule has 3 aromatic carbocycles. The second kappa shape index (κ2) is 11.7. The van der Waals surface area contributed by atoms with Crippen LogP contribution < -0.4 is 15.4 Å². The summed E-state index contributed by atoms with van der Waals surface area (Å²) in [6.07, 6.45) is 5.53. The highest BCUT2D eigenvalue weighted by atomic mass is 32.2. The molecule has 0 unspecified atom stereocenters. The fraction of sp³-hybridized carbons (Fsp3) is 0.281. The summed E-state index contributed by atoms with van der Waals surface area (Å²) in [6.45, 7) is 2.17. The van der Waals surface area contributed by atoms with Gasteiger partial charge in [0, 0.05) is 44.0 Å². The molecule has 1 aliphatic carbocycles. The van der Waals surface area contributed by atoms with Crippen molar-refractivity contribution in [1.82, 2.24) is 15.2 Å². The Balaban J connectivity index is 1.05. The molecule has 2 amide bonds. The first-order valence-corrected chi connectivity index (χ1v) is 15.3. The van der Waals surface area contributed by atoms with Gasteiger partial charge in [0.2, 0.25) is 0 Å². The van der Waals surface area contributed by atoms with Gasteiger partial charge in [-0.3, -0.25) is 9.59 Å². The number of nitrogens with one attached hydrogen (secondary N) is 2. The van der Waals surface area contributed by atoms with Crippen LogP contribution in [-0.4, -0.2) is 48.9 Å². The van der Waals surface area contributed by atoms with E-state index in [0.717, 1.165) is 44.1 Å². The standard InChI is InChI=1S/C32H32N4O3S2/c1-36(2)19-32(14-5-15-32)20-39-23-11-8-21(9-12-23)31-34-18-24(40-31)17-33-29(37)22-10-13-28-26(16-22)35-30(38)25-6-3-4-7-27(25)41-28/h3-4,6-13,16,18H,5,14-15,17,19-20H2,1-2H3,(H,33,37)(H,35,38). The number of benzene rings is 3. The lowest BCUT2D eigenvalue weighted by molar-refractivity contribution is 0.0315. The van der Waals surface area contributed by atoms with Gasteiger partial charge in [0.05, 0.1) is 24.4 Å². The molecule has 0 bridgehead atoms. The average Bonchev–Trinajstić information content (AvgIpc) is 3.38. The van der Waals surface area contributed by atoms with Crippen LogP contribution in [0, 0.1) is 5.41 Å². The van der Waals surface area contributed by atoms with Gasteiger partial charge in [0.1, 0.15) is 10.8 Å². The smallest absolute Gasteiger partial charge is 0.256 e. The van der Waals surface area contributed by atoms with E-state index in [1.54, 1.807) is 35.7 Å². The average molecular weight is 585 g/mol. The Morgan fingerprint density at radius 1 is 1.07 bits per heavy atom. The molecular weight excluding hydrogens is 553 g/mol. The Morgan fingerprint density at radius 2 is 1.88 bits per heavy atom. The fourth-order valence-electron chi connectivity index (χ4n) is 5.33. The number of ether oxygens (including phenoxy) is 1. The topological polar surface area (TPSA) is 83.6 Å². The number of nitrogens with zero attached hydrogens (tertiary/aromatic N) is 2. The van der Waals surface area contributed by atoms with Crippen molar-refractivity contribution in [2.75, 3.05) is 32.6 Å². The number of aromatic nitrogens is 1. The zero-order valence-corrected chi connectivity index (χ0v) is 24.7. The summed E-state index contributed by atoms with van der Waals surface area (Å²) in [5.74, 6) is 0.499. The van der Waals surface area contributed by atoms with Gasteiger partial charge in [-0.1, -0.05) is 30.3 Å². The van der Waals surface area contributed by atoms with Crippen molar-refractivity contribution in [2.45, 2.75) is 35.6 Å². The summed E-state index contributed by atoms with van der Waals surface area (Å²) in [7, 11) is 4.24. The lowest BCUT2D eigenvalue weighted by atomic mass is 9.69. The SMILES string of the molecule is CN(C)CC1(COc2ccc(-c3ncc(CNC(=O)c4ccc5c(c4)NC(=O)c4ccccc4S5)s3)cc2)CCC1. The second-order valence-corrected chi connectivity index (χ2v) is 13.2. The summed E-state index contributed by atoms with van der Waals surface area (Å²) in [5, 5.41) is 6.82. The third-order valence-electron chi connectivity index (χ3n) is 7.53. The molecule has 1 saturated carbocycles. The number of rotatable bonds is 9. The summed E-state index contributed by atoms with van der Waals surface area (Å²) >= 11 is 3.07. The maximum Gasteiger partial charge on any atom is 0.256 e. The number of thiazole rings is 1. The Hall–Kier alpha value is -3.66. The number of fused-ring (bicyclic) bond motifs is 2. The van der Waals surface area contributed by atoms with Gasteiger partial charge in [0.25, 0.3) is 11.8 Å². The Kier molecular flexibility index (Phi) is 7.84. The van der Waals surface area contributed by atoms with E-state index < -0.39 is 0 Å². The minimum atomic E-state index is -0.205. The Bertz CT molecular complexity index is 1580. The lowest BCUT2D eigenvalue weighted by Crippen LogP contribution is -2.44. The summed E-state index contributed by atoms with van der Waals surface area (Å²) in [5.41, 5.74) is 3.05. The largest absolute Gasteiger partial charge is 0.493 e. The zero-order chi connectivity index (χ0) is 28.4. The van der Waals surface area contributed by atoms with E-state index in [4.69, 9.17) is 4.74 Å². The molecular formula is C32H32N4O3S2. The van der Waals surface area contributed by atoms with Crippen molar-refractivity contribution >= 4 is 40.6 Å². The van der Waals surface area contributed by atoms with E-state index >= 15 is 0 Å². The van der Waals surface area contributed by atoms with Crippen LogP contribution in [0.5, 0.6) is 5.75 Å². The highest BCUT2D eigenvalue weighted by Crippen LogP contribution is 2.42. The molecule has 9 heteroatoms. The van der Waals surface area contributed by atoms with Gasteiger partial charge < -0.3 is 20.3 Å². The van der Waals surface area contributed by atoms with E-state index in [9.17, 15) is 9.59 Å². The van der Waals surface area contributed by atoms with E-state index in [0.29, 0.717) is 23.4 Å². The molecule has 7 nitrogen and oxygen atoms in total. The van der Waals surface area contributed by atoms with Crippen molar-refractivity contribution < 1.29 is 14.3 Å². The molecule has 0 saturated heterocycles. The van der Waals surface area contributed by atoms with Crippen LogP contribution in [0.4, 0.5) is 5.69 Å². The van der Waals surface area contributed by atoms with Gasteiger partial charge in [-0.15, -0.1) is 11.3 Å². The number of anilines is 1. The predicted molar refractivity (Wildman–Crippen MR) is 164 cm³/mol. The van der Waals surface area contributed by atoms with Crippen LogP contribution in [0.3, 0.4) is 0 Å². The normalized spacial score (nSPS) is 15.2. The highest BCUT2D eigenvalue weighted by molar-refractivity contribution is 7.99. The third kappa shape index (κ3) is 6.17. The highest BCUT2D eigenvalue weighted by Gasteiger charge is 2.38. The number of hydrogen-bond acceptors (Lipinski definition) is 7. The third-order valence-corrected chi connectivity index (χ3v) is 9.73. The molecule has 41 heavy (non-hydrogen) atoms. The molecule has 0 atom stereocenters. The molecule has 4 aromatic rings. The van der Waals surface area contributed by atoms with Crippen LogP contribution >= 0.6 is 23.1 Å². The van der Waals surface area contributed by atoms with E-state index in [1.165, 1.54) is 31.0 Å². The van der Waals surface area contributed by atoms with Crippen LogP contribution in [0.1, 0.15) is 44.9 Å². The Morgan fingerprint density at radius 3 is 2.63 bits per heavy atom. The molecule has 1 aromatic heterocycles. The summed E-state index contributed by atoms with van der Waals surface area (Å²) < 4.78 is 6.17. The van der Waals surface area contributed by atoms with Crippen molar-refractivity contribution in [1.29, 1.82) is 0 Å². The first-order chi connectivity index (χ1) is 19.9. The van der Waals surface area contributed by atoms with Crippen molar-refractivity contribution in [3.63, 3.8) is 0 Å². The van der Waals surface area contributed by atoms with Gasteiger partial charge in [-0.2, -0.15) is 0 Å². The van der Waals surface area contributed by atoms with Crippen LogP contribution in [0.25, 0.3) is 10.6 Å². The molecule has 0 spiro atoms. The quantitative estimate of drug-likeness (QED) is 0.232. The molecule has 210 valence electrons. The summed E-state index contributed by atoms with van der Waals surface area (Å²) in [6, 6.07) is 21.0. The van der Waals surface area contributed by atoms with Gasteiger partial charge in [-0.25, -0.2) is 4.98 Å². The minimum Gasteiger partial charge on any atom is -0.493 e. The van der Waals surface area contributed by atoms with Crippen LogP contribution in [-0.2, 0) is 6.54 Å². The lowest BCUT2D eigenvalue weighted by Gasteiger charge is -2.43. The first-order valence-electron chi connectivity index (χ1n) is 13.7. The maximum absolute atomic E-state index is 13.0. The second-order valence-electron chi connectivity index (χ2n) is 11.0. The molecule has 2 aliphatic rings. The van der Waals surface area contributed by atoms with E-state index in [2.05, 4.69) is 34.6 Å². The molecule has 6 rings (SSSR count). The minimum absolute atomic E-state index is 0.173. The molecule has 1 aliphatic heterocycles. The predicted octanol–water partition coefficient (Wildman–Crippen LogP) is 6.57. The molecule has 2 heterocycles. The fourth-order valence-corrected chi connectivity index (χ4v) is 7.19. The van der Waals surface area contributed by atoms with Crippen LogP contribution in [0.15, 0.2) is 82.7 Å². The Labute approximate surface area is 248 Å². The zero-order valence-electron chi connectivity index (χ0n) is 23.1. The monoisotopic (exact) mass is 584 g/mol.